The summed E-state index contributed by atoms with van der Waals surface area (Å²) in [6.07, 6.45) is 12.4. The minimum Gasteiger partial charge on any atom is -0.235 e. The average Bonchev–Trinajstić information content (AvgIpc) is 2.70. The second-order valence-electron chi connectivity index (χ2n) is 5.09. The van der Waals surface area contributed by atoms with Crippen molar-refractivity contribution in [1.29, 1.82) is 0 Å². The van der Waals surface area contributed by atoms with Gasteiger partial charge in [0, 0.05) is 0 Å². The van der Waals surface area contributed by atoms with Gasteiger partial charge in [0.2, 0.25) is 0 Å². The van der Waals surface area contributed by atoms with Gasteiger partial charge in [-0.2, -0.15) is 0 Å². The van der Waals surface area contributed by atoms with Crippen LogP contribution in [-0.4, -0.2) is 33.8 Å². The Morgan fingerprint density at radius 1 is 0.577 bits per heavy atom. The lowest BCUT2D eigenvalue weighted by Crippen LogP contribution is -1.81. The molecular weight excluding hydrogens is 397 g/mol. The molecular formula is C20H22N2S4. The molecule has 136 valence electrons. The number of hydrogen-bond donors (Lipinski definition) is 0. The molecule has 0 saturated heterocycles. The Morgan fingerprint density at radius 2 is 0.885 bits per heavy atom. The molecule has 0 atom stereocenters. The lowest BCUT2D eigenvalue weighted by molar-refractivity contribution is 1.53. The highest BCUT2D eigenvalue weighted by Crippen LogP contribution is 2.22. The van der Waals surface area contributed by atoms with Gasteiger partial charge in [0.05, 0.1) is 11.4 Å². The standard InChI is InChI=1S/C20H22N2S4/c1-23-19(24-2)21-17-11-7-15(8-12-17)5-6-16-9-13-18(14-10-16)22-20(25-3)26-4/h5-14H,1-4H3. The molecule has 0 fully saturated rings. The third-order valence-electron chi connectivity index (χ3n) is 3.39. The number of thioether (sulfide) groups is 4. The van der Waals surface area contributed by atoms with Crippen LogP contribution in [0.25, 0.3) is 12.2 Å². The van der Waals surface area contributed by atoms with Crippen LogP contribution in [0.2, 0.25) is 0 Å². The third-order valence-corrected chi connectivity index (χ3v) is 7.16. The molecule has 2 nitrogen and oxygen atoms in total. The first-order valence-corrected chi connectivity index (χ1v) is 12.8. The molecule has 0 amide bonds. The van der Waals surface area contributed by atoms with Gasteiger partial charge in [0.25, 0.3) is 0 Å². The van der Waals surface area contributed by atoms with Crippen LogP contribution in [0.3, 0.4) is 0 Å². The van der Waals surface area contributed by atoms with Crippen LogP contribution in [0.1, 0.15) is 11.1 Å². The minimum absolute atomic E-state index is 0.987. The summed E-state index contributed by atoms with van der Waals surface area (Å²) in [4.78, 5) is 9.21. The zero-order chi connectivity index (χ0) is 18.8. The van der Waals surface area contributed by atoms with Gasteiger partial charge in [-0.05, 0) is 60.4 Å². The largest absolute Gasteiger partial charge is 0.235 e. The van der Waals surface area contributed by atoms with Gasteiger partial charge in [-0.25, -0.2) is 9.98 Å². The molecule has 2 aromatic carbocycles. The van der Waals surface area contributed by atoms with Crippen LogP contribution in [0.5, 0.6) is 0 Å². The van der Waals surface area contributed by atoms with Crippen molar-refractivity contribution in [1.82, 2.24) is 0 Å². The van der Waals surface area contributed by atoms with E-state index in [1.54, 1.807) is 47.0 Å². The van der Waals surface area contributed by atoms with E-state index >= 15 is 0 Å². The first-order chi connectivity index (χ1) is 12.7. The van der Waals surface area contributed by atoms with E-state index in [2.05, 4.69) is 70.7 Å². The molecule has 0 heterocycles. The van der Waals surface area contributed by atoms with Gasteiger partial charge in [-0.3, -0.25) is 0 Å². The first kappa shape index (κ1) is 21.2. The van der Waals surface area contributed by atoms with Crippen LogP contribution < -0.4 is 0 Å². The second kappa shape index (κ2) is 11.6. The smallest absolute Gasteiger partial charge is 0.130 e. The molecule has 2 aromatic rings. The number of benzene rings is 2. The highest BCUT2D eigenvalue weighted by Gasteiger charge is 1.97. The van der Waals surface area contributed by atoms with Crippen molar-refractivity contribution >= 4 is 79.3 Å². The van der Waals surface area contributed by atoms with Crippen LogP contribution in [0.15, 0.2) is 58.5 Å². The Labute approximate surface area is 173 Å². The van der Waals surface area contributed by atoms with Gasteiger partial charge in [-0.1, -0.05) is 36.4 Å². The summed E-state index contributed by atoms with van der Waals surface area (Å²) in [7, 11) is 0. The Morgan fingerprint density at radius 3 is 1.15 bits per heavy atom. The second-order valence-corrected chi connectivity index (χ2v) is 8.78. The molecule has 0 radical (unpaired) electrons. The quantitative estimate of drug-likeness (QED) is 0.296. The maximum Gasteiger partial charge on any atom is 0.130 e. The van der Waals surface area contributed by atoms with Crippen molar-refractivity contribution in [3.8, 4) is 0 Å². The summed E-state index contributed by atoms with van der Waals surface area (Å²) < 4.78 is 2.14. The Kier molecular flexibility index (Phi) is 9.46. The number of nitrogens with zero attached hydrogens (tertiary/aromatic N) is 2. The summed E-state index contributed by atoms with van der Waals surface area (Å²) >= 11 is 6.68. The fraction of sp³-hybridized carbons (Fsp3) is 0.200. The van der Waals surface area contributed by atoms with E-state index < -0.39 is 0 Å². The lowest BCUT2D eigenvalue weighted by Gasteiger charge is -2.01. The lowest BCUT2D eigenvalue weighted by atomic mass is 10.1. The SMILES string of the molecule is CSC(=Nc1ccc(C=Cc2ccc(N=C(SC)SC)cc2)cc1)SC. The van der Waals surface area contributed by atoms with E-state index in [0.29, 0.717) is 0 Å². The Bertz CT molecular complexity index is 699. The number of rotatable bonds is 4. The fourth-order valence-corrected chi connectivity index (χ4v) is 4.19. The Hall–Kier alpha value is -1.08. The van der Waals surface area contributed by atoms with Crippen LogP contribution in [0, 0.1) is 0 Å². The molecule has 2 rings (SSSR count). The van der Waals surface area contributed by atoms with Crippen molar-refractivity contribution < 1.29 is 0 Å². The number of hydrogen-bond acceptors (Lipinski definition) is 6. The molecule has 0 unspecified atom stereocenters. The van der Waals surface area contributed by atoms with Gasteiger partial charge < -0.3 is 0 Å². The van der Waals surface area contributed by atoms with Gasteiger partial charge in [0.15, 0.2) is 0 Å². The summed E-state index contributed by atoms with van der Waals surface area (Å²) in [6, 6.07) is 16.6. The van der Waals surface area contributed by atoms with Crippen LogP contribution in [0.4, 0.5) is 11.4 Å². The van der Waals surface area contributed by atoms with E-state index in [1.807, 2.05) is 25.0 Å². The van der Waals surface area contributed by atoms with Gasteiger partial charge >= 0.3 is 0 Å². The molecule has 0 bridgehead atoms. The van der Waals surface area contributed by atoms with E-state index in [9.17, 15) is 0 Å². The fourth-order valence-electron chi connectivity index (χ4n) is 2.07. The van der Waals surface area contributed by atoms with E-state index in [4.69, 9.17) is 0 Å². The maximum absolute atomic E-state index is 4.60. The topological polar surface area (TPSA) is 24.7 Å². The van der Waals surface area contributed by atoms with E-state index in [0.717, 1.165) is 31.3 Å². The van der Waals surface area contributed by atoms with Crippen LogP contribution in [-0.2, 0) is 0 Å². The third kappa shape index (κ3) is 6.91. The predicted molar refractivity (Wildman–Crippen MR) is 130 cm³/mol. The van der Waals surface area contributed by atoms with Gasteiger partial charge in [0.1, 0.15) is 8.75 Å². The van der Waals surface area contributed by atoms with Gasteiger partial charge in [-0.15, -0.1) is 47.0 Å². The zero-order valence-electron chi connectivity index (χ0n) is 15.3. The normalized spacial score (nSPS) is 10.8. The van der Waals surface area contributed by atoms with Crippen LogP contribution >= 0.6 is 47.0 Å². The predicted octanol–water partition coefficient (Wildman–Crippen LogP) is 7.28. The summed E-state index contributed by atoms with van der Waals surface area (Å²) in [6.45, 7) is 0. The molecule has 0 saturated carbocycles. The molecule has 0 aromatic heterocycles. The summed E-state index contributed by atoms with van der Waals surface area (Å²) in [5.41, 5.74) is 4.30. The highest BCUT2D eigenvalue weighted by atomic mass is 32.2. The van der Waals surface area contributed by atoms with E-state index in [1.165, 1.54) is 0 Å². The maximum atomic E-state index is 4.60. The van der Waals surface area contributed by atoms with Crippen molar-refractivity contribution in [2.75, 3.05) is 25.0 Å². The van der Waals surface area contributed by atoms with Crippen molar-refractivity contribution in [3.63, 3.8) is 0 Å². The summed E-state index contributed by atoms with van der Waals surface area (Å²) in [5, 5.41) is 0. The molecule has 26 heavy (non-hydrogen) atoms. The van der Waals surface area contributed by atoms with E-state index in [-0.39, 0.29) is 0 Å². The first-order valence-electron chi connectivity index (χ1n) is 7.90. The summed E-state index contributed by atoms with van der Waals surface area (Å²) in [5.74, 6) is 0. The minimum atomic E-state index is 0.987. The zero-order valence-corrected chi connectivity index (χ0v) is 18.6. The molecule has 0 aliphatic heterocycles. The number of aliphatic imine (C=N–C) groups is 2. The Balaban J connectivity index is 2.05. The molecule has 0 N–H and O–H groups in total. The highest BCUT2D eigenvalue weighted by molar-refractivity contribution is 8.38. The van der Waals surface area contributed by atoms with Crippen molar-refractivity contribution in [2.24, 2.45) is 9.98 Å². The molecule has 0 spiro atoms. The van der Waals surface area contributed by atoms with Crippen molar-refractivity contribution in [2.45, 2.75) is 0 Å². The molecule has 6 heteroatoms. The van der Waals surface area contributed by atoms with Crippen molar-refractivity contribution in [3.05, 3.63) is 59.7 Å². The monoisotopic (exact) mass is 418 g/mol. The average molecular weight is 419 g/mol. The molecule has 0 aliphatic carbocycles. The molecule has 0 aliphatic rings.